The van der Waals surface area contributed by atoms with Gasteiger partial charge in [0.05, 0.1) is 22.8 Å². The molecule has 3 heterocycles. The lowest BCUT2D eigenvalue weighted by Crippen LogP contribution is -1.94. The van der Waals surface area contributed by atoms with Crippen LogP contribution in [0.5, 0.6) is 5.75 Å². The fourth-order valence-electron chi connectivity index (χ4n) is 7.22. The topological polar surface area (TPSA) is 50.4 Å². The molecule has 4 heteroatoms. The molecule has 0 unspecified atom stereocenters. The van der Waals surface area contributed by atoms with Crippen LogP contribution in [0.3, 0.4) is 0 Å². The molecule has 3 aromatic heterocycles. The Balaban J connectivity index is 1.24. The van der Waals surface area contributed by atoms with E-state index in [1.54, 1.807) is 6.07 Å². The maximum Gasteiger partial charge on any atom is 0.137 e. The van der Waals surface area contributed by atoms with Gasteiger partial charge in [-0.2, -0.15) is 0 Å². The minimum Gasteiger partial charge on any atom is -0.507 e. The molecule has 0 bridgehead atoms. The van der Waals surface area contributed by atoms with Crippen LogP contribution in [-0.4, -0.2) is 19.5 Å². The van der Waals surface area contributed by atoms with Gasteiger partial charge in [0.2, 0.25) is 0 Å². The minimum atomic E-state index is 0.198. The van der Waals surface area contributed by atoms with Crippen molar-refractivity contribution in [2.45, 2.75) is 6.92 Å². The molecule has 9 rings (SSSR count). The van der Waals surface area contributed by atoms with E-state index < -0.39 is 0 Å². The smallest absolute Gasteiger partial charge is 0.137 e. The standard InChI is InChI=1S/C49H35N3O/c1-33-15-8-9-22-42(33)40-31-44(50-45(32-40)43-23-10-11-24-46(43)53)36-20-14-21-37(27-36)48-49(52-26-13-12-25-47(52)51-48)41-29-38(34-16-4-2-5-17-34)28-39(30-41)35-18-6-3-7-19-35/h2-32,53H,1H3. The van der Waals surface area contributed by atoms with Crippen LogP contribution in [0.1, 0.15) is 5.56 Å². The van der Waals surface area contributed by atoms with Gasteiger partial charge in [0.15, 0.2) is 0 Å². The molecule has 0 fully saturated rings. The third-order valence-electron chi connectivity index (χ3n) is 9.84. The number of aryl methyl sites for hydroxylation is 1. The SMILES string of the molecule is Cc1ccccc1-c1cc(-c2cccc(-c3nc4ccccn4c3-c3cc(-c4ccccc4)cc(-c4ccccc4)c3)c2)nc(-c2ccccc2O)c1. The van der Waals surface area contributed by atoms with E-state index in [2.05, 4.69) is 169 Å². The summed E-state index contributed by atoms with van der Waals surface area (Å²) in [6.45, 7) is 2.12. The Kier molecular flexibility index (Phi) is 8.18. The van der Waals surface area contributed by atoms with Crippen molar-refractivity contribution in [1.29, 1.82) is 0 Å². The van der Waals surface area contributed by atoms with E-state index in [0.29, 0.717) is 11.3 Å². The molecule has 0 saturated heterocycles. The first kappa shape index (κ1) is 31.9. The van der Waals surface area contributed by atoms with Crippen molar-refractivity contribution in [1.82, 2.24) is 14.4 Å². The predicted octanol–water partition coefficient (Wildman–Crippen LogP) is 12.4. The van der Waals surface area contributed by atoms with Crippen LogP contribution < -0.4 is 0 Å². The number of para-hydroxylation sites is 1. The highest BCUT2D eigenvalue weighted by atomic mass is 16.3. The van der Waals surface area contributed by atoms with Gasteiger partial charge in [0.25, 0.3) is 0 Å². The van der Waals surface area contributed by atoms with Crippen molar-refractivity contribution in [2.24, 2.45) is 0 Å². The lowest BCUT2D eigenvalue weighted by molar-refractivity contribution is 0.477. The Morgan fingerprint density at radius 3 is 1.70 bits per heavy atom. The van der Waals surface area contributed by atoms with Crippen molar-refractivity contribution in [3.05, 3.63) is 194 Å². The number of nitrogens with zero attached hydrogens (tertiary/aromatic N) is 3. The van der Waals surface area contributed by atoms with Crippen molar-refractivity contribution >= 4 is 5.65 Å². The van der Waals surface area contributed by atoms with E-state index in [1.807, 2.05) is 24.3 Å². The molecule has 252 valence electrons. The number of phenols is 1. The second-order valence-electron chi connectivity index (χ2n) is 13.3. The number of fused-ring (bicyclic) bond motifs is 1. The summed E-state index contributed by atoms with van der Waals surface area (Å²) in [5.41, 5.74) is 15.9. The molecular formula is C49H35N3O. The van der Waals surface area contributed by atoms with E-state index in [-0.39, 0.29) is 5.75 Å². The molecule has 0 atom stereocenters. The zero-order chi connectivity index (χ0) is 35.7. The Morgan fingerprint density at radius 2 is 0.981 bits per heavy atom. The van der Waals surface area contributed by atoms with Gasteiger partial charge in [-0.05, 0) is 107 Å². The fourth-order valence-corrected chi connectivity index (χ4v) is 7.22. The predicted molar refractivity (Wildman–Crippen MR) is 217 cm³/mol. The maximum atomic E-state index is 10.9. The van der Waals surface area contributed by atoms with Gasteiger partial charge in [-0.3, -0.25) is 4.40 Å². The Hall–Kier alpha value is -7.04. The van der Waals surface area contributed by atoms with Gasteiger partial charge < -0.3 is 5.11 Å². The second kappa shape index (κ2) is 13.6. The molecule has 9 aromatic rings. The van der Waals surface area contributed by atoms with Crippen LogP contribution in [0, 0.1) is 6.92 Å². The van der Waals surface area contributed by atoms with Crippen LogP contribution in [-0.2, 0) is 0 Å². The molecular weight excluding hydrogens is 647 g/mol. The summed E-state index contributed by atoms with van der Waals surface area (Å²) in [6.07, 6.45) is 2.09. The van der Waals surface area contributed by atoms with E-state index in [9.17, 15) is 5.11 Å². The summed E-state index contributed by atoms with van der Waals surface area (Å²) in [5.74, 6) is 0.198. The number of aromatic nitrogens is 3. The summed E-state index contributed by atoms with van der Waals surface area (Å²) in [4.78, 5) is 10.4. The zero-order valence-electron chi connectivity index (χ0n) is 29.2. The van der Waals surface area contributed by atoms with Crippen LogP contribution in [0.4, 0.5) is 0 Å². The van der Waals surface area contributed by atoms with Gasteiger partial charge in [-0.25, -0.2) is 9.97 Å². The van der Waals surface area contributed by atoms with Gasteiger partial charge in [-0.15, -0.1) is 0 Å². The van der Waals surface area contributed by atoms with Crippen molar-refractivity contribution in [3.63, 3.8) is 0 Å². The number of aromatic hydroxyl groups is 1. The normalized spacial score (nSPS) is 11.2. The van der Waals surface area contributed by atoms with E-state index in [4.69, 9.17) is 9.97 Å². The first-order valence-electron chi connectivity index (χ1n) is 17.8. The van der Waals surface area contributed by atoms with Gasteiger partial charge in [0.1, 0.15) is 11.4 Å². The molecule has 0 aliphatic rings. The van der Waals surface area contributed by atoms with Crippen molar-refractivity contribution in [3.8, 4) is 84.2 Å². The molecule has 4 nitrogen and oxygen atoms in total. The summed E-state index contributed by atoms with van der Waals surface area (Å²) in [6, 6.07) is 62.5. The second-order valence-corrected chi connectivity index (χ2v) is 13.3. The van der Waals surface area contributed by atoms with Crippen LogP contribution in [0.25, 0.3) is 84.1 Å². The molecule has 0 spiro atoms. The van der Waals surface area contributed by atoms with Crippen molar-refractivity contribution < 1.29 is 5.11 Å². The molecule has 0 amide bonds. The monoisotopic (exact) mass is 681 g/mol. The molecule has 0 aliphatic carbocycles. The number of imidazole rings is 1. The number of hydrogen-bond donors (Lipinski definition) is 1. The number of benzene rings is 6. The zero-order valence-corrected chi connectivity index (χ0v) is 29.2. The Labute approximate surface area is 309 Å². The Morgan fingerprint density at radius 1 is 0.415 bits per heavy atom. The van der Waals surface area contributed by atoms with Crippen LogP contribution >= 0.6 is 0 Å². The molecule has 53 heavy (non-hydrogen) atoms. The minimum absolute atomic E-state index is 0.198. The average molecular weight is 682 g/mol. The average Bonchev–Trinajstić information content (AvgIpc) is 3.61. The van der Waals surface area contributed by atoms with Gasteiger partial charge >= 0.3 is 0 Å². The quantitative estimate of drug-likeness (QED) is 0.182. The molecule has 0 radical (unpaired) electrons. The van der Waals surface area contributed by atoms with Gasteiger partial charge in [-0.1, -0.05) is 121 Å². The van der Waals surface area contributed by atoms with Crippen LogP contribution in [0.15, 0.2) is 188 Å². The third-order valence-corrected chi connectivity index (χ3v) is 9.84. The number of hydrogen-bond acceptors (Lipinski definition) is 3. The number of pyridine rings is 2. The first-order chi connectivity index (χ1) is 26.1. The third kappa shape index (κ3) is 6.17. The summed E-state index contributed by atoms with van der Waals surface area (Å²) in [5, 5.41) is 10.9. The fraction of sp³-hybridized carbons (Fsp3) is 0.0204. The molecule has 6 aromatic carbocycles. The number of rotatable bonds is 7. The maximum absolute atomic E-state index is 10.9. The van der Waals surface area contributed by atoms with Crippen molar-refractivity contribution in [2.75, 3.05) is 0 Å². The summed E-state index contributed by atoms with van der Waals surface area (Å²) in [7, 11) is 0. The summed E-state index contributed by atoms with van der Waals surface area (Å²) >= 11 is 0. The van der Waals surface area contributed by atoms with E-state index in [0.717, 1.165) is 72.8 Å². The molecule has 0 saturated carbocycles. The van der Waals surface area contributed by atoms with Crippen LogP contribution in [0.2, 0.25) is 0 Å². The molecule has 0 aliphatic heterocycles. The van der Waals surface area contributed by atoms with Gasteiger partial charge in [0, 0.05) is 28.5 Å². The highest BCUT2D eigenvalue weighted by Gasteiger charge is 2.19. The first-order valence-corrected chi connectivity index (χ1v) is 17.8. The lowest BCUT2D eigenvalue weighted by Gasteiger charge is -2.14. The lowest BCUT2D eigenvalue weighted by atomic mass is 9.93. The van der Waals surface area contributed by atoms with E-state index in [1.165, 1.54) is 5.56 Å². The largest absolute Gasteiger partial charge is 0.507 e. The Bertz CT molecular complexity index is 2630. The molecule has 1 N–H and O–H groups in total. The summed E-state index contributed by atoms with van der Waals surface area (Å²) < 4.78 is 2.19. The number of phenolic OH excluding ortho intramolecular Hbond substituents is 1. The van der Waals surface area contributed by atoms with E-state index >= 15 is 0 Å². The highest BCUT2D eigenvalue weighted by Crippen LogP contribution is 2.40. The highest BCUT2D eigenvalue weighted by molar-refractivity contribution is 5.89.